The molecule has 4 heterocycles. The number of hydrogen-bond donors (Lipinski definition) is 0. The highest BCUT2D eigenvalue weighted by atomic mass is 32.1. The lowest BCUT2D eigenvalue weighted by molar-refractivity contribution is 0.162. The van der Waals surface area contributed by atoms with Crippen molar-refractivity contribution in [3.63, 3.8) is 0 Å². The van der Waals surface area contributed by atoms with Gasteiger partial charge in [-0.15, -0.1) is 5.10 Å². The first-order chi connectivity index (χ1) is 15.3. The SMILES string of the molecule is CCCC[C@H](c1nnnn1Cc1ccco1)N1CCN(c2nc3ccccc3s2)CC1. The Morgan fingerprint density at radius 3 is 2.74 bits per heavy atom. The van der Waals surface area contributed by atoms with Crippen LogP contribution in [-0.2, 0) is 6.54 Å². The molecule has 1 fully saturated rings. The van der Waals surface area contributed by atoms with Crippen molar-refractivity contribution in [2.75, 3.05) is 31.1 Å². The molecule has 8 nitrogen and oxygen atoms in total. The van der Waals surface area contributed by atoms with E-state index in [1.807, 2.05) is 16.8 Å². The Kier molecular flexibility index (Phi) is 5.95. The van der Waals surface area contributed by atoms with Gasteiger partial charge >= 0.3 is 0 Å². The van der Waals surface area contributed by atoms with Crippen LogP contribution in [0.2, 0.25) is 0 Å². The summed E-state index contributed by atoms with van der Waals surface area (Å²) >= 11 is 1.78. The van der Waals surface area contributed by atoms with Crippen molar-refractivity contribution < 1.29 is 4.42 Å². The van der Waals surface area contributed by atoms with Crippen LogP contribution in [0.25, 0.3) is 10.2 Å². The van der Waals surface area contributed by atoms with Crippen molar-refractivity contribution in [1.29, 1.82) is 0 Å². The van der Waals surface area contributed by atoms with Crippen LogP contribution in [0.3, 0.4) is 0 Å². The number of nitrogens with zero attached hydrogens (tertiary/aromatic N) is 7. The van der Waals surface area contributed by atoms with Crippen LogP contribution in [0, 0.1) is 0 Å². The molecule has 0 amide bonds. The Hall–Kier alpha value is -2.78. The van der Waals surface area contributed by atoms with Crippen molar-refractivity contribution in [1.82, 2.24) is 30.1 Å². The third-order valence-corrected chi connectivity index (χ3v) is 6.98. The summed E-state index contributed by atoms with van der Waals surface area (Å²) in [6.45, 7) is 6.65. The molecule has 31 heavy (non-hydrogen) atoms. The summed E-state index contributed by atoms with van der Waals surface area (Å²) in [5.41, 5.74) is 1.09. The van der Waals surface area contributed by atoms with E-state index in [0.717, 1.165) is 67.7 Å². The van der Waals surface area contributed by atoms with Crippen LogP contribution in [0.4, 0.5) is 5.13 Å². The van der Waals surface area contributed by atoms with Crippen LogP contribution >= 0.6 is 11.3 Å². The van der Waals surface area contributed by atoms with Crippen molar-refractivity contribution in [3.05, 3.63) is 54.2 Å². The highest BCUT2D eigenvalue weighted by Gasteiger charge is 2.29. The molecule has 0 saturated carbocycles. The predicted molar refractivity (Wildman–Crippen MR) is 121 cm³/mol. The molecule has 0 N–H and O–H groups in total. The maximum absolute atomic E-state index is 5.51. The van der Waals surface area contributed by atoms with Gasteiger partial charge in [-0.2, -0.15) is 0 Å². The predicted octanol–water partition coefficient (Wildman–Crippen LogP) is 3.98. The first-order valence-electron chi connectivity index (χ1n) is 10.9. The maximum atomic E-state index is 5.51. The molecule has 0 bridgehead atoms. The molecule has 0 aliphatic carbocycles. The summed E-state index contributed by atoms with van der Waals surface area (Å²) in [5, 5.41) is 13.8. The summed E-state index contributed by atoms with van der Waals surface area (Å²) in [6.07, 6.45) is 5.05. The third kappa shape index (κ3) is 4.33. The largest absolute Gasteiger partial charge is 0.467 e. The van der Waals surface area contributed by atoms with Gasteiger partial charge < -0.3 is 9.32 Å². The monoisotopic (exact) mass is 437 g/mol. The van der Waals surface area contributed by atoms with Crippen LogP contribution < -0.4 is 4.90 Å². The van der Waals surface area contributed by atoms with Crippen molar-refractivity contribution in [2.45, 2.75) is 38.8 Å². The van der Waals surface area contributed by atoms with Gasteiger partial charge in [0.25, 0.3) is 0 Å². The van der Waals surface area contributed by atoms with Gasteiger partial charge in [0.1, 0.15) is 12.3 Å². The molecule has 1 aromatic carbocycles. The molecule has 1 saturated heterocycles. The van der Waals surface area contributed by atoms with Gasteiger partial charge in [0.05, 0.1) is 22.5 Å². The van der Waals surface area contributed by atoms with E-state index < -0.39 is 0 Å². The second-order valence-corrected chi connectivity index (χ2v) is 8.93. The number of fused-ring (bicyclic) bond motifs is 1. The number of piperazine rings is 1. The number of thiazole rings is 1. The van der Waals surface area contributed by atoms with Crippen LogP contribution in [0.1, 0.15) is 43.8 Å². The summed E-state index contributed by atoms with van der Waals surface area (Å²) in [7, 11) is 0. The summed E-state index contributed by atoms with van der Waals surface area (Å²) in [4.78, 5) is 9.78. The number of tetrazole rings is 1. The Labute approximate surface area is 185 Å². The molecule has 0 spiro atoms. The Balaban J connectivity index is 1.31. The number of unbranched alkanes of at least 4 members (excludes halogenated alkanes) is 1. The topological polar surface area (TPSA) is 76.1 Å². The zero-order valence-corrected chi connectivity index (χ0v) is 18.5. The number of aromatic nitrogens is 5. The zero-order chi connectivity index (χ0) is 21.0. The number of benzene rings is 1. The fraction of sp³-hybridized carbons (Fsp3) is 0.455. The maximum Gasteiger partial charge on any atom is 0.186 e. The summed E-state index contributed by atoms with van der Waals surface area (Å²) < 4.78 is 8.65. The zero-order valence-electron chi connectivity index (χ0n) is 17.7. The van der Waals surface area contributed by atoms with Crippen LogP contribution in [0.15, 0.2) is 47.1 Å². The number of rotatable bonds is 8. The van der Waals surface area contributed by atoms with E-state index in [9.17, 15) is 0 Å². The molecule has 3 aromatic heterocycles. The molecular formula is C22H27N7OS. The van der Waals surface area contributed by atoms with E-state index in [-0.39, 0.29) is 6.04 Å². The smallest absolute Gasteiger partial charge is 0.186 e. The minimum atomic E-state index is 0.211. The van der Waals surface area contributed by atoms with E-state index >= 15 is 0 Å². The number of furan rings is 1. The normalized spacial score (nSPS) is 16.2. The van der Waals surface area contributed by atoms with Crippen LogP contribution in [-0.4, -0.2) is 56.3 Å². The van der Waals surface area contributed by atoms with E-state index in [1.165, 1.54) is 4.70 Å². The van der Waals surface area contributed by atoms with E-state index in [2.05, 4.69) is 56.5 Å². The molecule has 1 atom stereocenters. The van der Waals surface area contributed by atoms with E-state index in [4.69, 9.17) is 9.40 Å². The molecule has 1 aliphatic rings. The molecular weight excluding hydrogens is 410 g/mol. The quantitative estimate of drug-likeness (QED) is 0.413. The third-order valence-electron chi connectivity index (χ3n) is 5.88. The number of anilines is 1. The van der Waals surface area contributed by atoms with Crippen molar-refractivity contribution in [3.8, 4) is 0 Å². The highest BCUT2D eigenvalue weighted by molar-refractivity contribution is 7.22. The lowest BCUT2D eigenvalue weighted by Crippen LogP contribution is -2.48. The first kappa shape index (κ1) is 20.1. The fourth-order valence-corrected chi connectivity index (χ4v) is 5.22. The van der Waals surface area contributed by atoms with Gasteiger partial charge in [0.15, 0.2) is 11.0 Å². The summed E-state index contributed by atoms with van der Waals surface area (Å²) in [5.74, 6) is 1.79. The lowest BCUT2D eigenvalue weighted by atomic mass is 10.1. The van der Waals surface area contributed by atoms with Gasteiger partial charge in [-0.1, -0.05) is 43.2 Å². The van der Waals surface area contributed by atoms with Crippen molar-refractivity contribution >= 4 is 26.7 Å². The second-order valence-electron chi connectivity index (χ2n) is 7.92. The van der Waals surface area contributed by atoms with Crippen LogP contribution in [0.5, 0.6) is 0 Å². The van der Waals surface area contributed by atoms with Crippen molar-refractivity contribution in [2.24, 2.45) is 0 Å². The van der Waals surface area contributed by atoms with Gasteiger partial charge in [0, 0.05) is 26.2 Å². The standard InChI is InChI=1S/C22H27N7OS/c1-2-3-9-19(21-24-25-26-29(21)16-17-7-6-15-30-17)27-11-13-28(14-12-27)22-23-18-8-4-5-10-20(18)31-22/h4-8,10,15,19H,2-3,9,11-14,16H2,1H3/t19-/m1/s1. The minimum absolute atomic E-state index is 0.211. The summed E-state index contributed by atoms with van der Waals surface area (Å²) in [6, 6.07) is 12.4. The second kappa shape index (κ2) is 9.15. The van der Waals surface area contributed by atoms with Gasteiger partial charge in [-0.3, -0.25) is 4.90 Å². The molecule has 1 aliphatic heterocycles. The molecule has 4 aromatic rings. The van der Waals surface area contributed by atoms with Gasteiger partial charge in [0.2, 0.25) is 0 Å². The highest BCUT2D eigenvalue weighted by Crippen LogP contribution is 2.31. The lowest BCUT2D eigenvalue weighted by Gasteiger charge is -2.38. The minimum Gasteiger partial charge on any atom is -0.467 e. The fourth-order valence-electron chi connectivity index (χ4n) is 4.21. The Morgan fingerprint density at radius 1 is 1.10 bits per heavy atom. The van der Waals surface area contributed by atoms with E-state index in [1.54, 1.807) is 17.6 Å². The van der Waals surface area contributed by atoms with Gasteiger partial charge in [-0.05, 0) is 41.1 Å². The molecule has 0 radical (unpaired) electrons. The molecule has 9 heteroatoms. The Bertz CT molecular complexity index is 1070. The average Bonchev–Trinajstić information content (AvgIpc) is 3.56. The van der Waals surface area contributed by atoms with Gasteiger partial charge in [-0.25, -0.2) is 9.67 Å². The number of hydrogen-bond acceptors (Lipinski definition) is 8. The first-order valence-corrected chi connectivity index (χ1v) is 11.8. The van der Waals surface area contributed by atoms with E-state index in [0.29, 0.717) is 6.54 Å². The average molecular weight is 438 g/mol. The number of para-hydroxylation sites is 1. The Morgan fingerprint density at radius 2 is 1.97 bits per heavy atom. The molecule has 162 valence electrons. The molecule has 5 rings (SSSR count). The molecule has 0 unspecified atom stereocenters.